The van der Waals surface area contributed by atoms with Gasteiger partial charge in [-0.2, -0.15) is 10.2 Å². The maximum absolute atomic E-state index is 12.8. The topological polar surface area (TPSA) is 88.9 Å². The van der Waals surface area contributed by atoms with E-state index in [4.69, 9.17) is 4.74 Å². The summed E-state index contributed by atoms with van der Waals surface area (Å²) in [5.74, 6) is 1.25. The summed E-state index contributed by atoms with van der Waals surface area (Å²) in [4.78, 5) is 18.9. The molecule has 118 valence electrons. The Kier molecular flexibility index (Phi) is 3.93. The number of H-pyrrole nitrogens is 1. The second kappa shape index (κ2) is 5.88. The molecule has 0 bridgehead atoms. The van der Waals surface area contributed by atoms with Crippen LogP contribution in [0, 0.1) is 6.92 Å². The van der Waals surface area contributed by atoms with E-state index in [-0.39, 0.29) is 18.1 Å². The molecule has 1 fully saturated rings. The van der Waals surface area contributed by atoms with E-state index in [9.17, 15) is 4.79 Å². The van der Waals surface area contributed by atoms with Gasteiger partial charge in [-0.3, -0.25) is 14.6 Å². The van der Waals surface area contributed by atoms with Gasteiger partial charge in [0.05, 0.1) is 12.1 Å². The highest BCUT2D eigenvalue weighted by atomic mass is 16.5. The van der Waals surface area contributed by atoms with Crippen LogP contribution < -0.4 is 0 Å². The zero-order valence-electron chi connectivity index (χ0n) is 13.0. The molecule has 8 heteroatoms. The van der Waals surface area contributed by atoms with Crippen molar-refractivity contribution in [2.45, 2.75) is 39.0 Å². The third kappa shape index (κ3) is 2.61. The minimum atomic E-state index is -0.186. The smallest absolute Gasteiger partial charge is 0.275 e. The molecule has 1 N–H and O–H groups in total. The van der Waals surface area contributed by atoms with Crippen LogP contribution in [0.2, 0.25) is 0 Å². The quantitative estimate of drug-likeness (QED) is 0.907. The summed E-state index contributed by atoms with van der Waals surface area (Å²) in [6.07, 6.45) is 2.48. The van der Waals surface area contributed by atoms with Crippen molar-refractivity contribution in [3.63, 3.8) is 0 Å². The largest absolute Gasteiger partial charge is 0.380 e. The standard InChI is InChI=1S/C14H20N6O2/c1-4-19-6-5-11(18-19)14(21)20-8-10(22-3)7-12(20)13-15-9(2)16-17-13/h5-6,10,12H,4,7-8H2,1-3H3,(H,15,16,17)/t10-,12-/m0/s1. The van der Waals surface area contributed by atoms with Crippen LogP contribution in [0.4, 0.5) is 0 Å². The predicted molar refractivity (Wildman–Crippen MR) is 78.2 cm³/mol. The fourth-order valence-corrected chi connectivity index (χ4v) is 2.75. The summed E-state index contributed by atoms with van der Waals surface area (Å²) >= 11 is 0. The molecule has 2 aromatic heterocycles. The van der Waals surface area contributed by atoms with E-state index in [0.29, 0.717) is 24.5 Å². The van der Waals surface area contributed by atoms with Gasteiger partial charge in [-0.1, -0.05) is 0 Å². The van der Waals surface area contributed by atoms with Crippen LogP contribution in [0.3, 0.4) is 0 Å². The van der Waals surface area contributed by atoms with Gasteiger partial charge in [0.25, 0.3) is 5.91 Å². The highest BCUT2D eigenvalue weighted by molar-refractivity contribution is 5.92. The first kappa shape index (κ1) is 14.7. The van der Waals surface area contributed by atoms with Gasteiger partial charge in [-0.25, -0.2) is 4.98 Å². The Balaban J connectivity index is 1.86. The number of aromatic nitrogens is 5. The normalized spacial score (nSPS) is 21.5. The third-order valence-corrected chi connectivity index (χ3v) is 3.95. The van der Waals surface area contributed by atoms with Gasteiger partial charge in [0.15, 0.2) is 5.82 Å². The third-order valence-electron chi connectivity index (χ3n) is 3.95. The van der Waals surface area contributed by atoms with Crippen LogP contribution in [-0.2, 0) is 11.3 Å². The van der Waals surface area contributed by atoms with Gasteiger partial charge in [0, 0.05) is 32.8 Å². The maximum atomic E-state index is 12.8. The van der Waals surface area contributed by atoms with Crippen molar-refractivity contribution in [2.75, 3.05) is 13.7 Å². The molecule has 0 radical (unpaired) electrons. The van der Waals surface area contributed by atoms with Crippen LogP contribution in [0.15, 0.2) is 12.3 Å². The minimum Gasteiger partial charge on any atom is -0.380 e. The van der Waals surface area contributed by atoms with Gasteiger partial charge in [-0.15, -0.1) is 0 Å². The predicted octanol–water partition coefficient (Wildman–Crippen LogP) is 0.932. The molecule has 1 amide bonds. The SMILES string of the molecule is CCn1ccc(C(=O)N2C[C@@H](OC)C[C@H]2c2n[nH]c(C)n2)n1. The number of hydrogen-bond acceptors (Lipinski definition) is 5. The van der Waals surface area contributed by atoms with Crippen molar-refractivity contribution in [1.82, 2.24) is 29.9 Å². The van der Waals surface area contributed by atoms with E-state index < -0.39 is 0 Å². The average molecular weight is 304 g/mol. The Hall–Kier alpha value is -2.22. The fraction of sp³-hybridized carbons (Fsp3) is 0.571. The first-order valence-electron chi connectivity index (χ1n) is 7.38. The van der Waals surface area contributed by atoms with Crippen LogP contribution >= 0.6 is 0 Å². The Labute approximate surface area is 128 Å². The number of aromatic amines is 1. The van der Waals surface area contributed by atoms with Crippen molar-refractivity contribution in [2.24, 2.45) is 0 Å². The highest BCUT2D eigenvalue weighted by Crippen LogP contribution is 2.32. The second-order valence-corrected chi connectivity index (χ2v) is 5.40. The Bertz CT molecular complexity index is 664. The lowest BCUT2D eigenvalue weighted by molar-refractivity contribution is 0.0678. The number of nitrogens with zero attached hydrogens (tertiary/aromatic N) is 5. The average Bonchev–Trinajstić information content (AvgIpc) is 3.24. The van der Waals surface area contributed by atoms with E-state index in [1.54, 1.807) is 22.8 Å². The first-order chi connectivity index (χ1) is 10.6. The molecule has 2 aromatic rings. The number of likely N-dealkylation sites (tertiary alicyclic amines) is 1. The molecular formula is C14H20N6O2. The van der Waals surface area contributed by atoms with Gasteiger partial charge >= 0.3 is 0 Å². The Morgan fingerprint density at radius 1 is 1.55 bits per heavy atom. The molecule has 1 saturated heterocycles. The van der Waals surface area contributed by atoms with Crippen molar-refractivity contribution in [1.29, 1.82) is 0 Å². The summed E-state index contributed by atoms with van der Waals surface area (Å²) in [5.41, 5.74) is 0.441. The van der Waals surface area contributed by atoms with Crippen molar-refractivity contribution < 1.29 is 9.53 Å². The maximum Gasteiger partial charge on any atom is 0.275 e. The second-order valence-electron chi connectivity index (χ2n) is 5.40. The lowest BCUT2D eigenvalue weighted by atomic mass is 10.2. The summed E-state index contributed by atoms with van der Waals surface area (Å²) in [6.45, 7) is 5.08. The van der Waals surface area contributed by atoms with Crippen LogP contribution in [0.25, 0.3) is 0 Å². The van der Waals surface area contributed by atoms with Crippen molar-refractivity contribution in [3.05, 3.63) is 29.6 Å². The van der Waals surface area contributed by atoms with E-state index in [1.165, 1.54) is 0 Å². The molecule has 8 nitrogen and oxygen atoms in total. The summed E-state index contributed by atoms with van der Waals surface area (Å²) < 4.78 is 7.17. The lowest BCUT2D eigenvalue weighted by Crippen LogP contribution is -2.32. The lowest BCUT2D eigenvalue weighted by Gasteiger charge is -2.21. The van der Waals surface area contributed by atoms with Gasteiger partial charge in [-0.05, 0) is 19.9 Å². The first-order valence-corrected chi connectivity index (χ1v) is 7.38. The van der Waals surface area contributed by atoms with Crippen molar-refractivity contribution in [3.8, 4) is 0 Å². The number of ether oxygens (including phenoxy) is 1. The number of rotatable bonds is 4. The Morgan fingerprint density at radius 3 is 2.95 bits per heavy atom. The number of hydrogen-bond donors (Lipinski definition) is 1. The van der Waals surface area contributed by atoms with Gasteiger partial charge in [0.1, 0.15) is 11.5 Å². The number of amides is 1. The molecule has 22 heavy (non-hydrogen) atoms. The molecule has 1 aliphatic rings. The van der Waals surface area contributed by atoms with E-state index in [2.05, 4.69) is 20.3 Å². The number of aryl methyl sites for hydroxylation is 2. The van der Waals surface area contributed by atoms with Crippen LogP contribution in [0.1, 0.15) is 41.5 Å². The molecule has 0 saturated carbocycles. The summed E-state index contributed by atoms with van der Waals surface area (Å²) in [6, 6.07) is 1.56. The number of nitrogens with one attached hydrogen (secondary N) is 1. The zero-order chi connectivity index (χ0) is 15.7. The molecule has 0 aromatic carbocycles. The molecule has 0 aliphatic carbocycles. The molecular weight excluding hydrogens is 284 g/mol. The molecule has 3 rings (SSSR count). The number of carbonyl (C=O) groups excluding carboxylic acids is 1. The summed E-state index contributed by atoms with van der Waals surface area (Å²) in [5, 5.41) is 11.3. The van der Waals surface area contributed by atoms with Gasteiger partial charge in [0.2, 0.25) is 0 Å². The Morgan fingerprint density at radius 2 is 2.36 bits per heavy atom. The molecule has 3 heterocycles. The monoisotopic (exact) mass is 304 g/mol. The minimum absolute atomic E-state index is 0.0129. The zero-order valence-corrected chi connectivity index (χ0v) is 13.0. The molecule has 0 spiro atoms. The molecule has 1 aliphatic heterocycles. The van der Waals surface area contributed by atoms with Gasteiger partial charge < -0.3 is 9.64 Å². The molecule has 0 unspecified atom stereocenters. The van der Waals surface area contributed by atoms with E-state index >= 15 is 0 Å². The van der Waals surface area contributed by atoms with Crippen molar-refractivity contribution >= 4 is 5.91 Å². The fourth-order valence-electron chi connectivity index (χ4n) is 2.75. The summed E-state index contributed by atoms with van der Waals surface area (Å²) in [7, 11) is 1.66. The highest BCUT2D eigenvalue weighted by Gasteiger charge is 2.39. The number of carbonyl (C=O) groups is 1. The van der Waals surface area contributed by atoms with Crippen LogP contribution in [0.5, 0.6) is 0 Å². The van der Waals surface area contributed by atoms with E-state index in [1.807, 2.05) is 20.0 Å². The van der Waals surface area contributed by atoms with E-state index in [0.717, 1.165) is 12.4 Å². The molecule has 2 atom stereocenters. The number of methoxy groups -OCH3 is 1. The van der Waals surface area contributed by atoms with Crippen LogP contribution in [-0.4, -0.2) is 55.5 Å².